The van der Waals surface area contributed by atoms with E-state index in [0.717, 1.165) is 10.4 Å². The second kappa shape index (κ2) is 5.40. The van der Waals surface area contributed by atoms with Gasteiger partial charge in [-0.15, -0.1) is 0 Å². The number of anilines is 1. The average Bonchev–Trinajstić information content (AvgIpc) is 2.48. The Hall–Kier alpha value is -1.86. The second-order valence-corrected chi connectivity index (χ2v) is 7.36. The molecule has 0 atom stereocenters. The van der Waals surface area contributed by atoms with E-state index in [1.807, 2.05) is 0 Å². The lowest BCUT2D eigenvalue weighted by Crippen LogP contribution is -2.37. The SMILES string of the molecule is C=C1CN(S(=O)(=O)c2ccccc2F)c2cccc(Br)c2O1. The minimum absolute atomic E-state index is 0.0693. The van der Waals surface area contributed by atoms with Crippen LogP contribution in [0, 0.1) is 5.82 Å². The fourth-order valence-electron chi connectivity index (χ4n) is 2.20. The Kier molecular flexibility index (Phi) is 3.70. The van der Waals surface area contributed by atoms with E-state index in [9.17, 15) is 12.8 Å². The van der Waals surface area contributed by atoms with E-state index in [1.165, 1.54) is 18.2 Å². The van der Waals surface area contributed by atoms with Gasteiger partial charge >= 0.3 is 0 Å². The molecule has 0 amide bonds. The van der Waals surface area contributed by atoms with Crippen LogP contribution in [0.1, 0.15) is 0 Å². The number of fused-ring (bicyclic) bond motifs is 1. The highest BCUT2D eigenvalue weighted by Crippen LogP contribution is 2.42. The number of rotatable bonds is 2. The maximum atomic E-state index is 13.9. The molecule has 22 heavy (non-hydrogen) atoms. The molecule has 0 saturated heterocycles. The lowest BCUT2D eigenvalue weighted by atomic mass is 10.2. The first kappa shape index (κ1) is 15.1. The molecule has 114 valence electrons. The molecular formula is C15H11BrFNO3S. The Morgan fingerprint density at radius 2 is 1.91 bits per heavy atom. The Bertz CT molecular complexity index is 867. The number of nitrogens with zero attached hydrogens (tertiary/aromatic N) is 1. The molecule has 1 aliphatic heterocycles. The van der Waals surface area contributed by atoms with Crippen LogP contribution in [0.2, 0.25) is 0 Å². The van der Waals surface area contributed by atoms with Crippen molar-refractivity contribution < 1.29 is 17.5 Å². The Morgan fingerprint density at radius 3 is 2.64 bits per heavy atom. The maximum Gasteiger partial charge on any atom is 0.267 e. The topological polar surface area (TPSA) is 46.6 Å². The molecule has 0 N–H and O–H groups in total. The van der Waals surface area contributed by atoms with Crippen LogP contribution in [0.5, 0.6) is 5.75 Å². The minimum Gasteiger partial charge on any atom is -0.457 e. The van der Waals surface area contributed by atoms with Gasteiger partial charge in [0.05, 0.1) is 16.7 Å². The van der Waals surface area contributed by atoms with Gasteiger partial charge in [-0.2, -0.15) is 0 Å². The van der Waals surface area contributed by atoms with Crippen LogP contribution < -0.4 is 9.04 Å². The molecule has 0 spiro atoms. The lowest BCUT2D eigenvalue weighted by Gasteiger charge is -2.31. The quantitative estimate of drug-likeness (QED) is 0.794. The zero-order valence-electron chi connectivity index (χ0n) is 11.3. The molecule has 0 aromatic heterocycles. The molecule has 1 aliphatic rings. The van der Waals surface area contributed by atoms with Crippen molar-refractivity contribution in [3.8, 4) is 5.75 Å². The molecule has 3 rings (SSSR count). The largest absolute Gasteiger partial charge is 0.457 e. The van der Waals surface area contributed by atoms with Crippen molar-refractivity contribution in [3.05, 3.63) is 65.1 Å². The van der Waals surface area contributed by atoms with Gasteiger partial charge in [-0.1, -0.05) is 24.8 Å². The van der Waals surface area contributed by atoms with Gasteiger partial charge in [-0.25, -0.2) is 12.8 Å². The summed E-state index contributed by atoms with van der Waals surface area (Å²) in [5.41, 5.74) is 0.338. The van der Waals surface area contributed by atoms with E-state index >= 15 is 0 Å². The number of hydrogen-bond acceptors (Lipinski definition) is 3. The van der Waals surface area contributed by atoms with Gasteiger partial charge in [0.15, 0.2) is 5.75 Å². The summed E-state index contributed by atoms with van der Waals surface area (Å²) in [6, 6.07) is 10.3. The number of hydrogen-bond donors (Lipinski definition) is 0. The molecule has 0 radical (unpaired) electrons. The van der Waals surface area contributed by atoms with Crippen LogP contribution in [-0.4, -0.2) is 15.0 Å². The third kappa shape index (κ3) is 2.40. The number of sulfonamides is 1. The summed E-state index contributed by atoms with van der Waals surface area (Å²) >= 11 is 3.31. The van der Waals surface area contributed by atoms with Crippen molar-refractivity contribution in [2.24, 2.45) is 0 Å². The first-order chi connectivity index (χ1) is 10.4. The van der Waals surface area contributed by atoms with Crippen LogP contribution in [0.15, 0.2) is 64.2 Å². The predicted octanol–water partition coefficient (Wildman–Crippen LogP) is 3.69. The van der Waals surface area contributed by atoms with Gasteiger partial charge in [0.2, 0.25) is 0 Å². The van der Waals surface area contributed by atoms with Crippen molar-refractivity contribution in [2.75, 3.05) is 10.8 Å². The monoisotopic (exact) mass is 383 g/mol. The van der Waals surface area contributed by atoms with Crippen LogP contribution in [0.3, 0.4) is 0 Å². The number of halogens is 2. The van der Waals surface area contributed by atoms with Crippen molar-refractivity contribution in [3.63, 3.8) is 0 Å². The van der Waals surface area contributed by atoms with Gasteiger partial charge < -0.3 is 4.74 Å². The van der Waals surface area contributed by atoms with E-state index < -0.39 is 15.8 Å². The highest BCUT2D eigenvalue weighted by atomic mass is 79.9. The first-order valence-corrected chi connectivity index (χ1v) is 8.56. The van der Waals surface area contributed by atoms with Crippen molar-refractivity contribution in [1.82, 2.24) is 0 Å². The van der Waals surface area contributed by atoms with Gasteiger partial charge in [0.25, 0.3) is 10.0 Å². The van der Waals surface area contributed by atoms with Gasteiger partial charge in [0, 0.05) is 0 Å². The van der Waals surface area contributed by atoms with E-state index in [0.29, 0.717) is 15.9 Å². The zero-order valence-corrected chi connectivity index (χ0v) is 13.7. The Labute approximate surface area is 136 Å². The summed E-state index contributed by atoms with van der Waals surface area (Å²) in [6.07, 6.45) is 0. The number of para-hydroxylation sites is 1. The molecule has 2 aromatic carbocycles. The summed E-state index contributed by atoms with van der Waals surface area (Å²) < 4.78 is 46.7. The molecule has 2 aromatic rings. The van der Waals surface area contributed by atoms with Crippen molar-refractivity contribution in [1.29, 1.82) is 0 Å². The van der Waals surface area contributed by atoms with E-state index in [2.05, 4.69) is 22.5 Å². The van der Waals surface area contributed by atoms with E-state index in [1.54, 1.807) is 18.2 Å². The average molecular weight is 384 g/mol. The molecule has 1 heterocycles. The van der Waals surface area contributed by atoms with Crippen molar-refractivity contribution in [2.45, 2.75) is 4.90 Å². The van der Waals surface area contributed by atoms with E-state index in [4.69, 9.17) is 4.74 Å². The molecule has 4 nitrogen and oxygen atoms in total. The highest BCUT2D eigenvalue weighted by Gasteiger charge is 2.34. The van der Waals surface area contributed by atoms with Crippen LogP contribution in [0.4, 0.5) is 10.1 Å². The van der Waals surface area contributed by atoms with Crippen LogP contribution in [0.25, 0.3) is 0 Å². The van der Waals surface area contributed by atoms with Gasteiger partial charge in [0.1, 0.15) is 16.5 Å². The van der Waals surface area contributed by atoms with Gasteiger partial charge in [-0.3, -0.25) is 4.31 Å². The standard InChI is InChI=1S/C15H11BrFNO3S/c1-10-9-18(13-7-4-5-11(16)15(13)21-10)22(19,20)14-8-3-2-6-12(14)17/h2-8H,1,9H2. The molecule has 0 unspecified atom stereocenters. The molecule has 7 heteroatoms. The fourth-order valence-corrected chi connectivity index (χ4v) is 4.16. The summed E-state index contributed by atoms with van der Waals surface area (Å²) in [7, 11) is -4.06. The fraction of sp³-hybridized carbons (Fsp3) is 0.0667. The predicted molar refractivity (Wildman–Crippen MR) is 84.8 cm³/mol. The third-order valence-electron chi connectivity index (χ3n) is 3.19. The Balaban J connectivity index is 2.19. The zero-order chi connectivity index (χ0) is 15.9. The molecule has 0 fully saturated rings. The third-order valence-corrected chi connectivity index (χ3v) is 5.60. The van der Waals surface area contributed by atoms with Crippen molar-refractivity contribution >= 4 is 31.6 Å². The summed E-state index contributed by atoms with van der Waals surface area (Å²) in [5, 5.41) is 0. The summed E-state index contributed by atoms with van der Waals surface area (Å²) in [4.78, 5) is -0.379. The minimum atomic E-state index is -4.06. The Morgan fingerprint density at radius 1 is 1.18 bits per heavy atom. The van der Waals surface area contributed by atoms with Crippen LogP contribution >= 0.6 is 15.9 Å². The molecular weight excluding hydrogens is 373 g/mol. The summed E-state index contributed by atoms with van der Waals surface area (Å²) in [6.45, 7) is 3.62. The number of ether oxygens (including phenoxy) is 1. The molecule has 0 saturated carbocycles. The van der Waals surface area contributed by atoms with Crippen LogP contribution in [-0.2, 0) is 10.0 Å². The first-order valence-electron chi connectivity index (χ1n) is 6.32. The molecule has 0 aliphatic carbocycles. The maximum absolute atomic E-state index is 13.9. The number of benzene rings is 2. The van der Waals surface area contributed by atoms with E-state index in [-0.39, 0.29) is 17.2 Å². The second-order valence-electron chi connectivity index (χ2n) is 4.67. The molecule has 0 bridgehead atoms. The normalized spacial score (nSPS) is 14.5. The smallest absolute Gasteiger partial charge is 0.267 e. The lowest BCUT2D eigenvalue weighted by molar-refractivity contribution is 0.403. The van der Waals surface area contributed by atoms with Gasteiger partial charge in [-0.05, 0) is 40.2 Å². The summed E-state index contributed by atoms with van der Waals surface area (Å²) in [5.74, 6) is -0.186. The highest BCUT2D eigenvalue weighted by molar-refractivity contribution is 9.10.